The second kappa shape index (κ2) is 5.53. The Kier molecular flexibility index (Phi) is 3.32. The van der Waals surface area contributed by atoms with Gasteiger partial charge in [-0.3, -0.25) is 4.68 Å². The van der Waals surface area contributed by atoms with Gasteiger partial charge in [-0.05, 0) is 19.1 Å². The van der Waals surface area contributed by atoms with Crippen LogP contribution in [0.1, 0.15) is 22.7 Å². The molecule has 1 atom stereocenters. The van der Waals surface area contributed by atoms with E-state index in [-0.39, 0.29) is 11.8 Å². The third-order valence-electron chi connectivity index (χ3n) is 4.29. The van der Waals surface area contributed by atoms with Crippen LogP contribution in [0.4, 0.5) is 0 Å². The first-order valence-electron chi connectivity index (χ1n) is 7.81. The standard InChI is InChI=1S/C18H16N6O/c1-11-15-16(12-9-21-23(2)10-12)14(8-19)17(20)25-18(15)24(22-11)13-6-4-3-5-7-13/h3-7,9-10,16H,20H2,1-2H3. The number of hydrogen-bond donors (Lipinski definition) is 1. The van der Waals surface area contributed by atoms with E-state index in [0.717, 1.165) is 22.5 Å². The zero-order chi connectivity index (χ0) is 17.6. The van der Waals surface area contributed by atoms with Crippen molar-refractivity contribution in [2.45, 2.75) is 12.8 Å². The maximum atomic E-state index is 9.62. The lowest BCUT2D eigenvalue weighted by atomic mass is 9.86. The molecule has 3 heterocycles. The molecule has 0 saturated carbocycles. The van der Waals surface area contributed by atoms with Crippen LogP contribution in [0.15, 0.2) is 54.2 Å². The van der Waals surface area contributed by atoms with Crippen LogP contribution in [0, 0.1) is 18.3 Å². The van der Waals surface area contributed by atoms with Crippen LogP contribution < -0.4 is 10.5 Å². The molecule has 1 aliphatic heterocycles. The van der Waals surface area contributed by atoms with Crippen LogP contribution in [0.3, 0.4) is 0 Å². The molecule has 1 unspecified atom stereocenters. The van der Waals surface area contributed by atoms with E-state index in [1.165, 1.54) is 0 Å². The lowest BCUT2D eigenvalue weighted by Gasteiger charge is -2.23. The molecule has 0 radical (unpaired) electrons. The van der Waals surface area contributed by atoms with E-state index < -0.39 is 0 Å². The third kappa shape index (κ3) is 2.27. The summed E-state index contributed by atoms with van der Waals surface area (Å²) in [5.41, 5.74) is 9.80. The van der Waals surface area contributed by atoms with Gasteiger partial charge in [0.15, 0.2) is 0 Å². The second-order valence-electron chi connectivity index (χ2n) is 5.92. The minimum Gasteiger partial charge on any atom is -0.422 e. The molecule has 0 amide bonds. The fourth-order valence-electron chi connectivity index (χ4n) is 3.18. The summed E-state index contributed by atoms with van der Waals surface area (Å²) in [6.07, 6.45) is 3.62. The fourth-order valence-corrected chi connectivity index (χ4v) is 3.18. The van der Waals surface area contributed by atoms with Crippen LogP contribution in [0.25, 0.3) is 5.69 Å². The highest BCUT2D eigenvalue weighted by molar-refractivity contribution is 5.56. The van der Waals surface area contributed by atoms with Crippen molar-refractivity contribution in [2.24, 2.45) is 12.8 Å². The topological polar surface area (TPSA) is 94.7 Å². The molecule has 0 spiro atoms. The number of rotatable bonds is 2. The molecular formula is C18H16N6O. The number of nitrogens with zero attached hydrogens (tertiary/aromatic N) is 5. The van der Waals surface area contributed by atoms with E-state index in [9.17, 15) is 5.26 Å². The summed E-state index contributed by atoms with van der Waals surface area (Å²) < 4.78 is 9.23. The normalized spacial score (nSPS) is 16.3. The average molecular weight is 332 g/mol. The second-order valence-corrected chi connectivity index (χ2v) is 5.92. The van der Waals surface area contributed by atoms with Crippen molar-refractivity contribution < 1.29 is 4.74 Å². The first-order valence-corrected chi connectivity index (χ1v) is 7.81. The predicted octanol–water partition coefficient (Wildman–Crippen LogP) is 2.13. The molecule has 124 valence electrons. The Morgan fingerprint density at radius 1 is 1.28 bits per heavy atom. The molecule has 7 heteroatoms. The van der Waals surface area contributed by atoms with Crippen LogP contribution >= 0.6 is 0 Å². The van der Waals surface area contributed by atoms with Crippen LogP contribution in [0.5, 0.6) is 5.88 Å². The Balaban J connectivity index is 1.96. The van der Waals surface area contributed by atoms with E-state index in [2.05, 4.69) is 16.3 Å². The van der Waals surface area contributed by atoms with Gasteiger partial charge in [0.2, 0.25) is 11.8 Å². The van der Waals surface area contributed by atoms with Crippen molar-refractivity contribution in [3.63, 3.8) is 0 Å². The molecule has 1 aliphatic rings. The first-order chi connectivity index (χ1) is 12.1. The molecule has 25 heavy (non-hydrogen) atoms. The number of benzene rings is 1. The van der Waals surface area contributed by atoms with Gasteiger partial charge in [0.1, 0.15) is 11.6 Å². The lowest BCUT2D eigenvalue weighted by Crippen LogP contribution is -2.21. The Morgan fingerprint density at radius 2 is 2.04 bits per heavy atom. The molecule has 4 rings (SSSR count). The van der Waals surface area contributed by atoms with Crippen molar-refractivity contribution >= 4 is 0 Å². The van der Waals surface area contributed by atoms with Gasteiger partial charge in [0.25, 0.3) is 0 Å². The molecule has 3 aromatic rings. The van der Waals surface area contributed by atoms with Gasteiger partial charge >= 0.3 is 0 Å². The molecule has 0 bridgehead atoms. The van der Waals surface area contributed by atoms with E-state index in [1.54, 1.807) is 15.6 Å². The number of fused-ring (bicyclic) bond motifs is 1. The summed E-state index contributed by atoms with van der Waals surface area (Å²) in [5.74, 6) is 0.287. The molecule has 0 saturated heterocycles. The SMILES string of the molecule is Cc1nn(-c2ccccc2)c2c1C(c1cnn(C)c1)C(C#N)=C(N)O2. The van der Waals surface area contributed by atoms with Crippen LogP contribution in [-0.2, 0) is 7.05 Å². The van der Waals surface area contributed by atoms with Crippen molar-refractivity contribution in [3.05, 3.63) is 71.0 Å². The zero-order valence-corrected chi connectivity index (χ0v) is 13.8. The summed E-state index contributed by atoms with van der Waals surface area (Å²) >= 11 is 0. The molecular weight excluding hydrogens is 316 g/mol. The molecule has 2 aromatic heterocycles. The molecule has 7 nitrogen and oxygen atoms in total. The van der Waals surface area contributed by atoms with Gasteiger partial charge in [-0.25, -0.2) is 4.68 Å². The van der Waals surface area contributed by atoms with Crippen LogP contribution in [0.2, 0.25) is 0 Å². The lowest BCUT2D eigenvalue weighted by molar-refractivity contribution is 0.367. The summed E-state index contributed by atoms with van der Waals surface area (Å²) in [6.45, 7) is 1.90. The quantitative estimate of drug-likeness (QED) is 0.776. The fraction of sp³-hybridized carbons (Fsp3) is 0.167. The summed E-state index contributed by atoms with van der Waals surface area (Å²) in [7, 11) is 1.84. The molecule has 0 aliphatic carbocycles. The highest BCUT2D eigenvalue weighted by Crippen LogP contribution is 2.44. The van der Waals surface area contributed by atoms with E-state index in [0.29, 0.717) is 11.5 Å². The number of aromatic nitrogens is 4. The summed E-state index contributed by atoms with van der Waals surface area (Å²) in [6, 6.07) is 11.9. The smallest absolute Gasteiger partial charge is 0.229 e. The Hall–Kier alpha value is -3.53. The minimum absolute atomic E-state index is 0.0981. The maximum Gasteiger partial charge on any atom is 0.229 e. The number of aryl methyl sites for hydroxylation is 2. The highest BCUT2D eigenvalue weighted by atomic mass is 16.5. The van der Waals surface area contributed by atoms with Gasteiger partial charge < -0.3 is 10.5 Å². The molecule has 1 aromatic carbocycles. The first kappa shape index (κ1) is 15.0. The predicted molar refractivity (Wildman–Crippen MR) is 90.8 cm³/mol. The van der Waals surface area contributed by atoms with Gasteiger partial charge in [-0.1, -0.05) is 18.2 Å². The average Bonchev–Trinajstić information content (AvgIpc) is 3.18. The van der Waals surface area contributed by atoms with Gasteiger partial charge in [-0.2, -0.15) is 15.5 Å². The van der Waals surface area contributed by atoms with Crippen molar-refractivity contribution in [1.29, 1.82) is 5.26 Å². The number of nitriles is 1. The Labute approximate surface area is 144 Å². The monoisotopic (exact) mass is 332 g/mol. The molecule has 0 fully saturated rings. The van der Waals surface area contributed by atoms with E-state index >= 15 is 0 Å². The Morgan fingerprint density at radius 3 is 2.68 bits per heavy atom. The van der Waals surface area contributed by atoms with Crippen molar-refractivity contribution in [2.75, 3.05) is 0 Å². The van der Waals surface area contributed by atoms with Crippen molar-refractivity contribution in [3.8, 4) is 17.6 Å². The Bertz CT molecular complexity index is 1020. The van der Waals surface area contributed by atoms with Crippen LogP contribution in [-0.4, -0.2) is 19.6 Å². The van der Waals surface area contributed by atoms with Gasteiger partial charge in [0.05, 0.1) is 29.1 Å². The largest absolute Gasteiger partial charge is 0.422 e. The maximum absolute atomic E-state index is 9.62. The third-order valence-corrected chi connectivity index (χ3v) is 4.29. The number of hydrogen-bond acceptors (Lipinski definition) is 5. The van der Waals surface area contributed by atoms with Gasteiger partial charge in [-0.15, -0.1) is 0 Å². The van der Waals surface area contributed by atoms with Gasteiger partial charge in [0, 0.05) is 18.8 Å². The summed E-state index contributed by atoms with van der Waals surface area (Å²) in [4.78, 5) is 0. The number of nitrogens with two attached hydrogens (primary N) is 1. The van der Waals surface area contributed by atoms with E-state index in [4.69, 9.17) is 10.5 Å². The number of ether oxygens (including phenoxy) is 1. The van der Waals surface area contributed by atoms with Crippen molar-refractivity contribution in [1.82, 2.24) is 19.6 Å². The number of para-hydroxylation sites is 1. The minimum atomic E-state index is -0.347. The molecule has 2 N–H and O–H groups in total. The zero-order valence-electron chi connectivity index (χ0n) is 13.8. The highest BCUT2D eigenvalue weighted by Gasteiger charge is 2.36. The number of allylic oxidation sites excluding steroid dienone is 1. The van der Waals surface area contributed by atoms with E-state index in [1.807, 2.05) is 50.5 Å². The summed E-state index contributed by atoms with van der Waals surface area (Å²) in [5, 5.41) is 18.5.